The summed E-state index contributed by atoms with van der Waals surface area (Å²) in [6.45, 7) is 3.48. The molecule has 3 N–H and O–H groups in total. The number of nitrogens with zero attached hydrogens (tertiary/aromatic N) is 1. The summed E-state index contributed by atoms with van der Waals surface area (Å²) >= 11 is 0. The highest BCUT2D eigenvalue weighted by molar-refractivity contribution is 5.97. The molecule has 0 saturated heterocycles. The summed E-state index contributed by atoms with van der Waals surface area (Å²) in [4.78, 5) is 13.9. The second-order valence-corrected chi connectivity index (χ2v) is 3.94. The number of phenolic OH excluding ortho intramolecular Hbond substituents is 1. The lowest BCUT2D eigenvalue weighted by Crippen LogP contribution is -2.36. The van der Waals surface area contributed by atoms with Crippen molar-refractivity contribution in [3.8, 4) is 11.5 Å². The molecular formula is C13H20N2O3. The van der Waals surface area contributed by atoms with Crippen LogP contribution in [0, 0.1) is 0 Å². The van der Waals surface area contributed by atoms with Gasteiger partial charge in [-0.2, -0.15) is 0 Å². The fourth-order valence-corrected chi connectivity index (χ4v) is 1.77. The molecule has 100 valence electrons. The molecule has 0 atom stereocenters. The van der Waals surface area contributed by atoms with Gasteiger partial charge < -0.3 is 20.5 Å². The molecule has 1 rings (SSSR count). The zero-order valence-corrected chi connectivity index (χ0v) is 10.8. The molecule has 0 aliphatic carbocycles. The quantitative estimate of drug-likeness (QED) is 0.798. The molecule has 0 aliphatic heterocycles. The number of rotatable bonds is 6. The summed E-state index contributed by atoms with van der Waals surface area (Å²) in [7, 11) is 1.45. The third-order valence-corrected chi connectivity index (χ3v) is 2.63. The first-order chi connectivity index (χ1) is 8.65. The maximum absolute atomic E-state index is 12.3. The maximum atomic E-state index is 12.3. The Bertz CT molecular complexity index is 401. The van der Waals surface area contributed by atoms with E-state index >= 15 is 0 Å². The van der Waals surface area contributed by atoms with Gasteiger partial charge >= 0.3 is 0 Å². The largest absolute Gasteiger partial charge is 0.504 e. The minimum Gasteiger partial charge on any atom is -0.504 e. The van der Waals surface area contributed by atoms with E-state index in [0.29, 0.717) is 25.4 Å². The van der Waals surface area contributed by atoms with Crippen LogP contribution >= 0.6 is 0 Å². The van der Waals surface area contributed by atoms with Crippen LogP contribution in [0.3, 0.4) is 0 Å². The van der Waals surface area contributed by atoms with E-state index in [4.69, 9.17) is 10.5 Å². The van der Waals surface area contributed by atoms with E-state index in [1.54, 1.807) is 23.1 Å². The molecule has 5 nitrogen and oxygen atoms in total. The van der Waals surface area contributed by atoms with Crippen molar-refractivity contribution in [2.45, 2.75) is 13.3 Å². The van der Waals surface area contributed by atoms with E-state index in [-0.39, 0.29) is 17.2 Å². The Morgan fingerprint density at radius 2 is 2.17 bits per heavy atom. The predicted octanol–water partition coefficient (Wildman–Crippen LogP) is 1.21. The minimum absolute atomic E-state index is 0.122. The van der Waals surface area contributed by atoms with Crippen molar-refractivity contribution in [1.82, 2.24) is 4.90 Å². The van der Waals surface area contributed by atoms with Crippen LogP contribution in [0.25, 0.3) is 0 Å². The molecule has 1 amide bonds. The average molecular weight is 252 g/mol. The number of hydrogen-bond donors (Lipinski definition) is 2. The van der Waals surface area contributed by atoms with Crippen LogP contribution in [0.2, 0.25) is 0 Å². The SMILES string of the molecule is CCCN(CCN)C(=O)c1cccc(OC)c1O. The number of ether oxygens (including phenoxy) is 1. The Hall–Kier alpha value is -1.75. The van der Waals surface area contributed by atoms with Crippen LogP contribution in [0.15, 0.2) is 18.2 Å². The van der Waals surface area contributed by atoms with Crippen LogP contribution in [0.1, 0.15) is 23.7 Å². The molecule has 0 aliphatic rings. The van der Waals surface area contributed by atoms with E-state index in [1.807, 2.05) is 6.92 Å². The van der Waals surface area contributed by atoms with E-state index in [2.05, 4.69) is 0 Å². The van der Waals surface area contributed by atoms with Gasteiger partial charge in [-0.05, 0) is 18.6 Å². The molecule has 0 radical (unpaired) electrons. The van der Waals surface area contributed by atoms with Gasteiger partial charge in [-0.1, -0.05) is 13.0 Å². The summed E-state index contributed by atoms with van der Waals surface area (Å²) in [6.07, 6.45) is 0.844. The Balaban J connectivity index is 3.00. The molecule has 0 spiro atoms. The Labute approximate surface area is 107 Å². The Morgan fingerprint density at radius 3 is 2.72 bits per heavy atom. The third-order valence-electron chi connectivity index (χ3n) is 2.63. The highest BCUT2D eigenvalue weighted by Gasteiger charge is 2.19. The van der Waals surface area contributed by atoms with Gasteiger partial charge in [0.15, 0.2) is 11.5 Å². The molecule has 1 aromatic carbocycles. The Morgan fingerprint density at radius 1 is 1.44 bits per heavy atom. The summed E-state index contributed by atoms with van der Waals surface area (Å²) in [5, 5.41) is 9.94. The summed E-state index contributed by atoms with van der Waals surface area (Å²) < 4.78 is 4.99. The van der Waals surface area contributed by atoms with Gasteiger partial charge in [0.2, 0.25) is 0 Å². The molecule has 0 bridgehead atoms. The first kappa shape index (κ1) is 14.3. The zero-order chi connectivity index (χ0) is 13.5. The van der Waals surface area contributed by atoms with Crippen LogP contribution in [-0.4, -0.2) is 42.7 Å². The second-order valence-electron chi connectivity index (χ2n) is 3.94. The van der Waals surface area contributed by atoms with Gasteiger partial charge in [0.05, 0.1) is 12.7 Å². The maximum Gasteiger partial charge on any atom is 0.257 e. The van der Waals surface area contributed by atoms with Crippen molar-refractivity contribution < 1.29 is 14.6 Å². The van der Waals surface area contributed by atoms with Crippen molar-refractivity contribution >= 4 is 5.91 Å². The van der Waals surface area contributed by atoms with Crippen LogP contribution in [-0.2, 0) is 0 Å². The predicted molar refractivity (Wildman–Crippen MR) is 69.9 cm³/mol. The first-order valence-corrected chi connectivity index (χ1v) is 6.01. The molecule has 0 saturated carbocycles. The number of amides is 1. The highest BCUT2D eigenvalue weighted by Crippen LogP contribution is 2.30. The number of methoxy groups -OCH3 is 1. The number of aromatic hydroxyl groups is 1. The van der Waals surface area contributed by atoms with Gasteiger partial charge in [0.25, 0.3) is 5.91 Å². The number of phenols is 1. The lowest BCUT2D eigenvalue weighted by molar-refractivity contribution is 0.0756. The lowest BCUT2D eigenvalue weighted by Gasteiger charge is -2.22. The number of para-hydroxylation sites is 1. The summed E-state index contributed by atoms with van der Waals surface area (Å²) in [5.41, 5.74) is 5.74. The molecule has 0 unspecified atom stereocenters. The van der Waals surface area contributed by atoms with Gasteiger partial charge in [-0.3, -0.25) is 4.79 Å². The topological polar surface area (TPSA) is 75.8 Å². The lowest BCUT2D eigenvalue weighted by atomic mass is 10.1. The number of carbonyl (C=O) groups is 1. The molecule has 0 heterocycles. The fourth-order valence-electron chi connectivity index (χ4n) is 1.77. The number of nitrogens with two attached hydrogens (primary N) is 1. The third kappa shape index (κ3) is 3.13. The number of carbonyl (C=O) groups excluding carboxylic acids is 1. The van der Waals surface area contributed by atoms with Gasteiger partial charge in [-0.15, -0.1) is 0 Å². The smallest absolute Gasteiger partial charge is 0.257 e. The fraction of sp³-hybridized carbons (Fsp3) is 0.462. The second kappa shape index (κ2) is 6.86. The van der Waals surface area contributed by atoms with E-state index in [0.717, 1.165) is 6.42 Å². The van der Waals surface area contributed by atoms with Crippen molar-refractivity contribution in [1.29, 1.82) is 0 Å². The molecule has 5 heteroatoms. The van der Waals surface area contributed by atoms with E-state index < -0.39 is 0 Å². The highest BCUT2D eigenvalue weighted by atomic mass is 16.5. The molecule has 18 heavy (non-hydrogen) atoms. The van der Waals surface area contributed by atoms with Gasteiger partial charge in [0, 0.05) is 19.6 Å². The van der Waals surface area contributed by atoms with Crippen molar-refractivity contribution in [2.75, 3.05) is 26.7 Å². The van der Waals surface area contributed by atoms with E-state index in [9.17, 15) is 9.90 Å². The van der Waals surface area contributed by atoms with Crippen molar-refractivity contribution in [2.24, 2.45) is 5.73 Å². The summed E-state index contributed by atoms with van der Waals surface area (Å²) in [5.74, 6) is -0.0492. The van der Waals surface area contributed by atoms with Gasteiger partial charge in [-0.25, -0.2) is 0 Å². The average Bonchev–Trinajstić information content (AvgIpc) is 2.38. The van der Waals surface area contributed by atoms with Crippen LogP contribution < -0.4 is 10.5 Å². The minimum atomic E-state index is -0.223. The monoisotopic (exact) mass is 252 g/mol. The van der Waals surface area contributed by atoms with Crippen molar-refractivity contribution in [3.05, 3.63) is 23.8 Å². The molecule has 0 fully saturated rings. The van der Waals surface area contributed by atoms with Crippen molar-refractivity contribution in [3.63, 3.8) is 0 Å². The van der Waals surface area contributed by atoms with Crippen LogP contribution in [0.5, 0.6) is 11.5 Å². The zero-order valence-electron chi connectivity index (χ0n) is 10.8. The first-order valence-electron chi connectivity index (χ1n) is 6.01. The normalized spacial score (nSPS) is 10.2. The van der Waals surface area contributed by atoms with Gasteiger partial charge in [0.1, 0.15) is 0 Å². The molecular weight excluding hydrogens is 232 g/mol. The number of benzene rings is 1. The number of hydrogen-bond acceptors (Lipinski definition) is 4. The molecule has 1 aromatic rings. The standard InChI is InChI=1S/C13H20N2O3/c1-3-8-15(9-7-14)13(17)10-5-4-6-11(18-2)12(10)16/h4-6,16H,3,7-9,14H2,1-2H3. The Kier molecular flexibility index (Phi) is 5.45. The summed E-state index contributed by atoms with van der Waals surface area (Å²) in [6, 6.07) is 4.87. The van der Waals surface area contributed by atoms with Crippen LogP contribution in [0.4, 0.5) is 0 Å². The van der Waals surface area contributed by atoms with E-state index in [1.165, 1.54) is 7.11 Å². The molecule has 0 aromatic heterocycles.